The van der Waals surface area contributed by atoms with Crippen LogP contribution in [-0.4, -0.2) is 37.8 Å². The normalized spacial score (nSPS) is 10.4. The summed E-state index contributed by atoms with van der Waals surface area (Å²) in [5.74, 6) is -0.165. The molecule has 0 aliphatic heterocycles. The van der Waals surface area contributed by atoms with Crippen LogP contribution in [0.2, 0.25) is 0 Å². The average molecular weight is 275 g/mol. The Hall–Kier alpha value is -2.44. The second kappa shape index (κ2) is 6.65. The number of aromatic nitrogens is 4. The number of carboxylic acid groups (broad SMARTS) is 1. The molecule has 0 bridgehead atoms. The molecule has 0 saturated carbocycles. The Kier molecular flexibility index (Phi) is 4.65. The van der Waals surface area contributed by atoms with E-state index in [0.29, 0.717) is 25.3 Å². The number of benzene rings is 1. The monoisotopic (exact) mass is 275 g/mol. The lowest BCUT2D eigenvalue weighted by Gasteiger charge is -2.23. The third-order valence-corrected chi connectivity index (χ3v) is 2.82. The molecule has 0 spiro atoms. The summed E-state index contributed by atoms with van der Waals surface area (Å²) in [5.41, 5.74) is 1.02. The maximum Gasteiger partial charge on any atom is 0.303 e. The van der Waals surface area contributed by atoms with Crippen LogP contribution in [0.3, 0.4) is 0 Å². The van der Waals surface area contributed by atoms with Crippen molar-refractivity contribution in [3.63, 3.8) is 0 Å². The zero-order valence-corrected chi connectivity index (χ0v) is 11.3. The summed E-state index contributed by atoms with van der Waals surface area (Å²) in [6, 6.07) is 9.81. The summed E-state index contributed by atoms with van der Waals surface area (Å²) in [6.45, 7) is 1.14. The van der Waals surface area contributed by atoms with Gasteiger partial charge < -0.3 is 10.0 Å². The summed E-state index contributed by atoms with van der Waals surface area (Å²) >= 11 is 0. The predicted molar refractivity (Wildman–Crippen MR) is 73.2 cm³/mol. The van der Waals surface area contributed by atoms with E-state index in [-0.39, 0.29) is 6.42 Å². The van der Waals surface area contributed by atoms with E-state index < -0.39 is 5.97 Å². The zero-order chi connectivity index (χ0) is 14.4. The lowest BCUT2D eigenvalue weighted by Crippen LogP contribution is -2.25. The van der Waals surface area contributed by atoms with Gasteiger partial charge in [0.2, 0.25) is 0 Å². The highest BCUT2D eigenvalue weighted by atomic mass is 16.4. The highest BCUT2D eigenvalue weighted by Crippen LogP contribution is 2.16. The Balaban J connectivity index is 2.05. The molecule has 1 heterocycles. The van der Waals surface area contributed by atoms with Gasteiger partial charge in [-0.3, -0.25) is 4.79 Å². The molecule has 0 fully saturated rings. The number of carbonyl (C=O) groups is 1. The van der Waals surface area contributed by atoms with Crippen LogP contribution in [0.5, 0.6) is 0 Å². The van der Waals surface area contributed by atoms with Gasteiger partial charge in [0, 0.05) is 18.7 Å². The van der Waals surface area contributed by atoms with E-state index in [1.165, 1.54) is 4.80 Å². The Morgan fingerprint density at radius 2 is 2.10 bits per heavy atom. The lowest BCUT2D eigenvalue weighted by molar-refractivity contribution is -0.137. The van der Waals surface area contributed by atoms with Gasteiger partial charge >= 0.3 is 5.97 Å². The van der Waals surface area contributed by atoms with Gasteiger partial charge in [0.1, 0.15) is 0 Å². The van der Waals surface area contributed by atoms with E-state index in [4.69, 9.17) is 5.11 Å². The van der Waals surface area contributed by atoms with Crippen LogP contribution in [-0.2, 0) is 18.4 Å². The highest BCUT2D eigenvalue weighted by molar-refractivity contribution is 5.66. The third kappa shape index (κ3) is 4.04. The third-order valence-electron chi connectivity index (χ3n) is 2.82. The number of hydrogen-bond acceptors (Lipinski definition) is 5. The second-order valence-electron chi connectivity index (χ2n) is 4.45. The molecular formula is C13H17N5O2. The van der Waals surface area contributed by atoms with Gasteiger partial charge in [-0.25, -0.2) is 0 Å². The molecule has 20 heavy (non-hydrogen) atoms. The van der Waals surface area contributed by atoms with Crippen molar-refractivity contribution in [2.24, 2.45) is 7.05 Å². The molecule has 0 atom stereocenters. The van der Waals surface area contributed by atoms with Crippen molar-refractivity contribution < 1.29 is 9.90 Å². The van der Waals surface area contributed by atoms with Crippen molar-refractivity contribution in [2.75, 3.05) is 11.4 Å². The van der Waals surface area contributed by atoms with Gasteiger partial charge in [-0.15, -0.1) is 10.2 Å². The first-order valence-corrected chi connectivity index (χ1v) is 6.40. The van der Waals surface area contributed by atoms with Crippen molar-refractivity contribution in [2.45, 2.75) is 19.4 Å². The number of aliphatic carboxylic acids is 1. The number of carboxylic acids is 1. The molecule has 7 nitrogen and oxygen atoms in total. The van der Waals surface area contributed by atoms with Gasteiger partial charge in [-0.1, -0.05) is 18.2 Å². The van der Waals surface area contributed by atoms with Gasteiger partial charge in [0.05, 0.1) is 13.6 Å². The van der Waals surface area contributed by atoms with Gasteiger partial charge in [-0.05, 0) is 23.8 Å². The van der Waals surface area contributed by atoms with Crippen molar-refractivity contribution in [3.8, 4) is 0 Å². The topological polar surface area (TPSA) is 84.1 Å². The number of nitrogens with zero attached hydrogens (tertiary/aromatic N) is 5. The minimum atomic E-state index is -0.782. The molecule has 7 heteroatoms. The van der Waals surface area contributed by atoms with Crippen molar-refractivity contribution in [3.05, 3.63) is 36.2 Å². The second-order valence-corrected chi connectivity index (χ2v) is 4.45. The Morgan fingerprint density at radius 3 is 2.70 bits per heavy atom. The lowest BCUT2D eigenvalue weighted by atomic mass is 10.2. The van der Waals surface area contributed by atoms with Gasteiger partial charge in [0.15, 0.2) is 5.82 Å². The van der Waals surface area contributed by atoms with Crippen LogP contribution in [0, 0.1) is 0 Å². The zero-order valence-electron chi connectivity index (χ0n) is 11.3. The van der Waals surface area contributed by atoms with Crippen LogP contribution in [0.25, 0.3) is 0 Å². The highest BCUT2D eigenvalue weighted by Gasteiger charge is 2.11. The minimum Gasteiger partial charge on any atom is -0.481 e. The average Bonchev–Trinajstić information content (AvgIpc) is 2.84. The van der Waals surface area contributed by atoms with Crippen LogP contribution in [0.15, 0.2) is 30.3 Å². The number of hydrogen-bond donors (Lipinski definition) is 1. The summed E-state index contributed by atoms with van der Waals surface area (Å²) in [7, 11) is 1.72. The fourth-order valence-electron chi connectivity index (χ4n) is 1.92. The van der Waals surface area contributed by atoms with Crippen LogP contribution >= 0.6 is 0 Å². The van der Waals surface area contributed by atoms with Crippen molar-refractivity contribution in [1.82, 2.24) is 20.2 Å². The van der Waals surface area contributed by atoms with Gasteiger partial charge in [0.25, 0.3) is 0 Å². The molecule has 0 aliphatic rings. The maximum atomic E-state index is 10.6. The summed E-state index contributed by atoms with van der Waals surface area (Å²) in [6.07, 6.45) is 0.724. The molecule has 0 aliphatic carbocycles. The summed E-state index contributed by atoms with van der Waals surface area (Å²) in [4.78, 5) is 14.1. The standard InChI is InChI=1S/C13H17N5O2/c1-17-15-12(14-16-17)10-18(9-5-8-13(19)20)11-6-3-2-4-7-11/h2-4,6-7H,5,8-10H2,1H3,(H,19,20). The smallest absolute Gasteiger partial charge is 0.303 e. The van der Waals surface area contributed by atoms with Crippen LogP contribution in [0.1, 0.15) is 18.7 Å². The van der Waals surface area contributed by atoms with E-state index in [1.54, 1.807) is 7.05 Å². The van der Waals surface area contributed by atoms with E-state index in [1.807, 2.05) is 30.3 Å². The SMILES string of the molecule is Cn1nnc(CN(CCCC(=O)O)c2ccccc2)n1. The fourth-order valence-corrected chi connectivity index (χ4v) is 1.92. The van der Waals surface area contributed by atoms with Crippen molar-refractivity contribution >= 4 is 11.7 Å². The molecule has 0 saturated heterocycles. The maximum absolute atomic E-state index is 10.6. The summed E-state index contributed by atoms with van der Waals surface area (Å²) in [5, 5.41) is 20.7. The molecule has 106 valence electrons. The van der Waals surface area contributed by atoms with E-state index >= 15 is 0 Å². The van der Waals surface area contributed by atoms with Crippen LogP contribution < -0.4 is 4.90 Å². The van der Waals surface area contributed by atoms with E-state index in [9.17, 15) is 4.79 Å². The molecule has 1 aromatic heterocycles. The van der Waals surface area contributed by atoms with Gasteiger partial charge in [-0.2, -0.15) is 4.80 Å². The number of anilines is 1. The molecular weight excluding hydrogens is 258 g/mol. The quantitative estimate of drug-likeness (QED) is 0.814. The number of tetrazole rings is 1. The van der Waals surface area contributed by atoms with E-state index in [2.05, 4.69) is 20.3 Å². The molecule has 0 unspecified atom stereocenters. The van der Waals surface area contributed by atoms with Crippen molar-refractivity contribution in [1.29, 1.82) is 0 Å². The Bertz CT molecular complexity index is 555. The molecule has 2 aromatic rings. The molecule has 2 rings (SSSR count). The first kappa shape index (κ1) is 14.0. The number of rotatable bonds is 7. The first-order chi connectivity index (χ1) is 9.65. The Labute approximate surface area is 116 Å². The predicted octanol–water partition coefficient (Wildman–Crippen LogP) is 1.08. The number of para-hydroxylation sites is 1. The largest absolute Gasteiger partial charge is 0.481 e. The molecule has 0 amide bonds. The van der Waals surface area contributed by atoms with Crippen LogP contribution in [0.4, 0.5) is 5.69 Å². The minimum absolute atomic E-state index is 0.150. The first-order valence-electron chi connectivity index (χ1n) is 6.40. The number of aryl methyl sites for hydroxylation is 1. The Morgan fingerprint density at radius 1 is 1.35 bits per heavy atom. The molecule has 0 radical (unpaired) electrons. The fraction of sp³-hybridized carbons (Fsp3) is 0.385. The van der Waals surface area contributed by atoms with E-state index in [0.717, 1.165) is 5.69 Å². The molecule has 1 N–H and O–H groups in total. The summed E-state index contributed by atoms with van der Waals surface area (Å²) < 4.78 is 0. The molecule has 1 aromatic carbocycles.